The summed E-state index contributed by atoms with van der Waals surface area (Å²) >= 11 is 0. The second-order valence-electron chi connectivity index (χ2n) is 7.68. The summed E-state index contributed by atoms with van der Waals surface area (Å²) in [5.74, 6) is -2.04. The van der Waals surface area contributed by atoms with E-state index in [0.29, 0.717) is 5.56 Å². The minimum atomic E-state index is -1.25. The zero-order valence-electron chi connectivity index (χ0n) is 17.5. The highest BCUT2D eigenvalue weighted by Crippen LogP contribution is 2.29. The lowest BCUT2D eigenvalue weighted by molar-refractivity contribution is -0.384. The standard InChI is InChI=1S/C24H19N3O6/c1-14-6-11-19(21(28)12-14)25-22(29)20(13-15-7-9-16(10-8-15)27(32)33)26-23(30)17-4-2-3-5-18(17)24(26)31/h2-12,20,28H,13H2,1H3,(H,25,29). The van der Waals surface area contributed by atoms with Gasteiger partial charge in [-0.25, -0.2) is 0 Å². The first kappa shape index (κ1) is 21.7. The maximum Gasteiger partial charge on any atom is 0.269 e. The number of fused-ring (bicyclic) bond motifs is 1. The van der Waals surface area contributed by atoms with Crippen molar-refractivity contribution in [2.45, 2.75) is 19.4 Å². The smallest absolute Gasteiger partial charge is 0.269 e. The Bertz CT molecular complexity index is 1250. The second kappa shape index (κ2) is 8.54. The third kappa shape index (κ3) is 4.16. The number of anilines is 1. The van der Waals surface area contributed by atoms with Crippen molar-refractivity contribution in [1.82, 2.24) is 4.90 Å². The van der Waals surface area contributed by atoms with Gasteiger partial charge in [-0.1, -0.05) is 30.3 Å². The maximum absolute atomic E-state index is 13.3. The van der Waals surface area contributed by atoms with E-state index >= 15 is 0 Å². The second-order valence-corrected chi connectivity index (χ2v) is 7.68. The van der Waals surface area contributed by atoms with Gasteiger partial charge in [0.25, 0.3) is 17.5 Å². The number of nitro benzene ring substituents is 1. The summed E-state index contributed by atoms with van der Waals surface area (Å²) < 4.78 is 0. The summed E-state index contributed by atoms with van der Waals surface area (Å²) in [7, 11) is 0. The van der Waals surface area contributed by atoms with Crippen molar-refractivity contribution in [3.8, 4) is 5.75 Å². The van der Waals surface area contributed by atoms with Crippen molar-refractivity contribution >= 4 is 29.1 Å². The number of carbonyl (C=O) groups is 3. The van der Waals surface area contributed by atoms with E-state index < -0.39 is 28.7 Å². The van der Waals surface area contributed by atoms with E-state index in [1.54, 1.807) is 25.1 Å². The van der Waals surface area contributed by atoms with Crippen LogP contribution < -0.4 is 5.32 Å². The minimum Gasteiger partial charge on any atom is -0.506 e. The Balaban J connectivity index is 1.69. The molecule has 0 fully saturated rings. The quantitative estimate of drug-likeness (QED) is 0.259. The molecule has 1 aliphatic heterocycles. The van der Waals surface area contributed by atoms with Crippen molar-refractivity contribution in [1.29, 1.82) is 0 Å². The van der Waals surface area contributed by atoms with Gasteiger partial charge < -0.3 is 10.4 Å². The van der Waals surface area contributed by atoms with Gasteiger partial charge in [-0.15, -0.1) is 0 Å². The molecular weight excluding hydrogens is 426 g/mol. The molecule has 1 atom stereocenters. The number of aromatic hydroxyl groups is 1. The van der Waals surface area contributed by atoms with Gasteiger partial charge in [0, 0.05) is 18.6 Å². The number of benzene rings is 3. The minimum absolute atomic E-state index is 0.0675. The number of aryl methyl sites for hydroxylation is 1. The topological polar surface area (TPSA) is 130 Å². The molecule has 3 amide bonds. The van der Waals surface area contributed by atoms with Crippen LogP contribution in [0.1, 0.15) is 31.8 Å². The van der Waals surface area contributed by atoms with Crippen LogP contribution in [0, 0.1) is 17.0 Å². The molecule has 3 aromatic carbocycles. The van der Waals surface area contributed by atoms with Crippen molar-refractivity contribution in [2.24, 2.45) is 0 Å². The third-order valence-electron chi connectivity index (χ3n) is 5.43. The van der Waals surface area contributed by atoms with Crippen LogP contribution in [0.5, 0.6) is 5.75 Å². The van der Waals surface area contributed by atoms with Crippen molar-refractivity contribution in [3.05, 3.63) is 99.1 Å². The normalized spacial score (nSPS) is 13.5. The number of imide groups is 1. The number of nitrogens with one attached hydrogen (secondary N) is 1. The fourth-order valence-electron chi connectivity index (χ4n) is 3.73. The molecule has 0 spiro atoms. The molecule has 1 aliphatic rings. The first-order valence-electron chi connectivity index (χ1n) is 10.1. The Kier molecular flexibility index (Phi) is 5.61. The van der Waals surface area contributed by atoms with E-state index in [-0.39, 0.29) is 34.7 Å². The molecule has 1 unspecified atom stereocenters. The summed E-state index contributed by atoms with van der Waals surface area (Å²) in [5.41, 5.74) is 1.71. The van der Waals surface area contributed by atoms with Crippen LogP contribution in [-0.4, -0.2) is 38.7 Å². The van der Waals surface area contributed by atoms with E-state index in [1.807, 2.05) is 0 Å². The zero-order valence-corrected chi connectivity index (χ0v) is 17.5. The number of nitrogens with zero attached hydrogens (tertiary/aromatic N) is 2. The third-order valence-corrected chi connectivity index (χ3v) is 5.43. The van der Waals surface area contributed by atoms with Gasteiger partial charge in [-0.2, -0.15) is 0 Å². The van der Waals surface area contributed by atoms with Gasteiger partial charge >= 0.3 is 0 Å². The van der Waals surface area contributed by atoms with E-state index in [2.05, 4.69) is 5.32 Å². The number of amides is 3. The Morgan fingerprint density at radius 3 is 2.18 bits per heavy atom. The van der Waals surface area contributed by atoms with Gasteiger partial charge in [-0.05, 0) is 42.3 Å². The molecule has 166 valence electrons. The van der Waals surface area contributed by atoms with Crippen LogP contribution in [0.4, 0.5) is 11.4 Å². The Hall–Kier alpha value is -4.53. The molecule has 0 saturated heterocycles. The maximum atomic E-state index is 13.3. The Morgan fingerprint density at radius 1 is 1.03 bits per heavy atom. The van der Waals surface area contributed by atoms with Crippen LogP contribution >= 0.6 is 0 Å². The van der Waals surface area contributed by atoms with Gasteiger partial charge in [0.1, 0.15) is 11.8 Å². The molecule has 9 nitrogen and oxygen atoms in total. The van der Waals surface area contributed by atoms with Gasteiger partial charge in [0.15, 0.2) is 0 Å². The van der Waals surface area contributed by atoms with E-state index in [0.717, 1.165) is 10.5 Å². The van der Waals surface area contributed by atoms with Crippen molar-refractivity contribution < 1.29 is 24.4 Å². The number of phenolic OH excluding ortho intramolecular Hbond substituents is 1. The average molecular weight is 445 g/mol. The highest BCUT2D eigenvalue weighted by Gasteiger charge is 2.42. The highest BCUT2D eigenvalue weighted by atomic mass is 16.6. The lowest BCUT2D eigenvalue weighted by Crippen LogP contribution is -2.48. The Morgan fingerprint density at radius 2 is 1.64 bits per heavy atom. The van der Waals surface area contributed by atoms with E-state index in [4.69, 9.17) is 0 Å². The van der Waals surface area contributed by atoms with E-state index in [9.17, 15) is 29.6 Å². The lowest BCUT2D eigenvalue weighted by atomic mass is 10.0. The SMILES string of the molecule is Cc1ccc(NC(=O)C(Cc2ccc([N+](=O)[O-])cc2)N2C(=O)c3ccccc3C2=O)c(O)c1. The number of hydrogen-bond donors (Lipinski definition) is 2. The largest absolute Gasteiger partial charge is 0.506 e. The first-order chi connectivity index (χ1) is 15.8. The number of non-ortho nitro benzene ring substituents is 1. The van der Waals surface area contributed by atoms with Gasteiger partial charge in [0.2, 0.25) is 5.91 Å². The molecule has 2 N–H and O–H groups in total. The molecule has 0 radical (unpaired) electrons. The monoisotopic (exact) mass is 445 g/mol. The first-order valence-corrected chi connectivity index (χ1v) is 10.1. The summed E-state index contributed by atoms with van der Waals surface area (Å²) in [4.78, 5) is 50.7. The number of phenols is 1. The molecule has 0 bridgehead atoms. The average Bonchev–Trinajstić information content (AvgIpc) is 3.04. The zero-order chi connectivity index (χ0) is 23.7. The number of nitro groups is 1. The van der Waals surface area contributed by atoms with Gasteiger partial charge in [-0.3, -0.25) is 29.4 Å². The molecule has 9 heteroatoms. The van der Waals surface area contributed by atoms with Crippen molar-refractivity contribution in [2.75, 3.05) is 5.32 Å². The lowest BCUT2D eigenvalue weighted by Gasteiger charge is -2.25. The highest BCUT2D eigenvalue weighted by molar-refractivity contribution is 6.23. The molecule has 1 heterocycles. The summed E-state index contributed by atoms with van der Waals surface area (Å²) in [6.45, 7) is 1.78. The predicted molar refractivity (Wildman–Crippen MR) is 119 cm³/mol. The van der Waals surface area contributed by atoms with Crippen LogP contribution in [-0.2, 0) is 11.2 Å². The molecule has 3 aromatic rings. The van der Waals surface area contributed by atoms with Crippen LogP contribution in [0.15, 0.2) is 66.7 Å². The fourth-order valence-corrected chi connectivity index (χ4v) is 3.73. The number of rotatable bonds is 6. The van der Waals surface area contributed by atoms with E-state index in [1.165, 1.54) is 48.5 Å². The Labute approximate surface area is 188 Å². The molecule has 33 heavy (non-hydrogen) atoms. The van der Waals surface area contributed by atoms with Gasteiger partial charge in [0.05, 0.1) is 21.7 Å². The van der Waals surface area contributed by atoms with Crippen molar-refractivity contribution in [3.63, 3.8) is 0 Å². The molecule has 0 aromatic heterocycles. The molecule has 4 rings (SSSR count). The number of hydrogen-bond acceptors (Lipinski definition) is 6. The molecular formula is C24H19N3O6. The fraction of sp³-hybridized carbons (Fsp3) is 0.125. The summed E-state index contributed by atoms with van der Waals surface area (Å²) in [5, 5.41) is 23.7. The van der Waals surface area contributed by atoms with Crippen LogP contribution in [0.2, 0.25) is 0 Å². The molecule has 0 aliphatic carbocycles. The predicted octanol–water partition coefficient (Wildman–Crippen LogP) is 3.45. The summed E-state index contributed by atoms with van der Waals surface area (Å²) in [6, 6.07) is 15.3. The molecule has 0 saturated carbocycles. The van der Waals surface area contributed by atoms with Crippen LogP contribution in [0.25, 0.3) is 0 Å². The van der Waals surface area contributed by atoms with Crippen LogP contribution in [0.3, 0.4) is 0 Å². The number of carbonyl (C=O) groups excluding carboxylic acids is 3. The summed E-state index contributed by atoms with van der Waals surface area (Å²) in [6.07, 6.45) is -0.0675.